The Morgan fingerprint density at radius 1 is 1.53 bits per heavy atom. The molecule has 0 amide bonds. The number of rotatable bonds is 4. The van der Waals surface area contributed by atoms with E-state index in [0.717, 1.165) is 0 Å². The molecule has 6 nitrogen and oxygen atoms in total. The molecule has 104 valence electrons. The van der Waals surface area contributed by atoms with E-state index in [1.807, 2.05) is 0 Å². The van der Waals surface area contributed by atoms with Crippen molar-refractivity contribution < 1.29 is 18.3 Å². The molecule has 0 bridgehead atoms. The Bertz CT molecular complexity index is 598. The van der Waals surface area contributed by atoms with Gasteiger partial charge in [0.05, 0.1) is 17.1 Å². The Morgan fingerprint density at radius 2 is 2.26 bits per heavy atom. The summed E-state index contributed by atoms with van der Waals surface area (Å²) in [6.07, 6.45) is 0.646. The highest BCUT2D eigenvalue weighted by molar-refractivity contribution is 7.91. The Kier molecular flexibility index (Phi) is 3.75. The molecule has 1 unspecified atom stereocenters. The van der Waals surface area contributed by atoms with Gasteiger partial charge >= 0.3 is 5.97 Å². The average molecular weight is 284 g/mol. The summed E-state index contributed by atoms with van der Waals surface area (Å²) in [6, 6.07) is 2.95. The molecule has 1 aromatic rings. The molecule has 2 rings (SSSR count). The van der Waals surface area contributed by atoms with Gasteiger partial charge in [0.25, 0.3) is 0 Å². The summed E-state index contributed by atoms with van der Waals surface area (Å²) in [4.78, 5) is 15.1. The number of nitrogens with one attached hydrogen (secondary N) is 1. The predicted molar refractivity (Wildman–Crippen MR) is 71.2 cm³/mol. The van der Waals surface area contributed by atoms with Crippen LogP contribution in [0, 0.1) is 12.8 Å². The van der Waals surface area contributed by atoms with Gasteiger partial charge in [-0.25, -0.2) is 18.2 Å². The molecule has 2 N–H and O–H groups in total. The van der Waals surface area contributed by atoms with E-state index in [1.54, 1.807) is 6.92 Å². The quantitative estimate of drug-likeness (QED) is 0.854. The van der Waals surface area contributed by atoms with Crippen molar-refractivity contribution in [1.82, 2.24) is 4.98 Å². The molecule has 0 radical (unpaired) electrons. The molecule has 1 aromatic heterocycles. The minimum absolute atomic E-state index is 0.0700. The van der Waals surface area contributed by atoms with Crippen molar-refractivity contribution in [3.05, 3.63) is 23.4 Å². The Labute approximate surface area is 111 Å². The van der Waals surface area contributed by atoms with Gasteiger partial charge in [0.2, 0.25) is 0 Å². The van der Waals surface area contributed by atoms with Crippen LogP contribution < -0.4 is 5.32 Å². The molecular weight excluding hydrogens is 268 g/mol. The largest absolute Gasteiger partial charge is 0.478 e. The third-order valence-electron chi connectivity index (χ3n) is 3.10. The normalized spacial score (nSPS) is 21.2. The number of nitrogens with zero attached hydrogens (tertiary/aromatic N) is 1. The van der Waals surface area contributed by atoms with Crippen molar-refractivity contribution in [2.75, 3.05) is 23.4 Å². The molecule has 1 saturated heterocycles. The van der Waals surface area contributed by atoms with E-state index < -0.39 is 15.8 Å². The number of aromatic carboxylic acids is 1. The van der Waals surface area contributed by atoms with Crippen molar-refractivity contribution >= 4 is 21.6 Å². The van der Waals surface area contributed by atoms with Crippen molar-refractivity contribution in [3.8, 4) is 0 Å². The van der Waals surface area contributed by atoms with E-state index in [-0.39, 0.29) is 23.0 Å². The summed E-state index contributed by atoms with van der Waals surface area (Å²) in [5, 5.41) is 12.0. The summed E-state index contributed by atoms with van der Waals surface area (Å²) in [7, 11) is -2.88. The number of hydrogen-bond acceptors (Lipinski definition) is 5. The fourth-order valence-electron chi connectivity index (χ4n) is 2.16. The summed E-state index contributed by atoms with van der Waals surface area (Å²) in [6.45, 7) is 2.21. The molecule has 0 aliphatic carbocycles. The lowest BCUT2D eigenvalue weighted by atomic mass is 10.1. The predicted octanol–water partition coefficient (Wildman–Crippen LogP) is 0.935. The minimum atomic E-state index is -2.88. The van der Waals surface area contributed by atoms with E-state index >= 15 is 0 Å². The van der Waals surface area contributed by atoms with Gasteiger partial charge in [-0.05, 0) is 31.4 Å². The molecule has 1 aliphatic heterocycles. The third kappa shape index (κ3) is 3.66. The molecule has 7 heteroatoms. The third-order valence-corrected chi connectivity index (χ3v) is 4.94. The van der Waals surface area contributed by atoms with Gasteiger partial charge in [0, 0.05) is 12.2 Å². The first-order valence-corrected chi connectivity index (χ1v) is 7.84. The topological polar surface area (TPSA) is 96.4 Å². The summed E-state index contributed by atoms with van der Waals surface area (Å²) in [5.41, 5.74) is 0.787. The molecule has 1 atom stereocenters. The fraction of sp³-hybridized carbons (Fsp3) is 0.500. The van der Waals surface area contributed by atoms with E-state index in [2.05, 4.69) is 10.3 Å². The number of carboxylic acids is 1. The van der Waals surface area contributed by atoms with Crippen molar-refractivity contribution in [1.29, 1.82) is 0 Å². The number of hydrogen-bond donors (Lipinski definition) is 2. The maximum absolute atomic E-state index is 11.3. The highest BCUT2D eigenvalue weighted by atomic mass is 32.2. The Hall–Kier alpha value is -1.63. The second-order valence-electron chi connectivity index (χ2n) is 4.84. The average Bonchev–Trinajstić information content (AvgIpc) is 2.65. The first kappa shape index (κ1) is 13.8. The van der Waals surface area contributed by atoms with E-state index in [0.29, 0.717) is 24.5 Å². The monoisotopic (exact) mass is 284 g/mol. The van der Waals surface area contributed by atoms with Gasteiger partial charge in [-0.1, -0.05) is 0 Å². The molecule has 19 heavy (non-hydrogen) atoms. The number of carbonyl (C=O) groups is 1. The second kappa shape index (κ2) is 5.16. The summed E-state index contributed by atoms with van der Waals surface area (Å²) < 4.78 is 22.7. The first-order valence-electron chi connectivity index (χ1n) is 6.02. The van der Waals surface area contributed by atoms with Crippen molar-refractivity contribution in [2.24, 2.45) is 5.92 Å². The summed E-state index contributed by atoms with van der Waals surface area (Å²) in [5.74, 6) is -0.0299. The van der Waals surface area contributed by atoms with Crippen LogP contribution in [0.2, 0.25) is 0 Å². The molecule has 0 saturated carbocycles. The van der Waals surface area contributed by atoms with E-state index in [4.69, 9.17) is 5.11 Å². The van der Waals surface area contributed by atoms with Crippen LogP contribution in [0.1, 0.15) is 22.5 Å². The molecule has 0 aromatic carbocycles. The zero-order valence-electron chi connectivity index (χ0n) is 10.6. The highest BCUT2D eigenvalue weighted by Crippen LogP contribution is 2.19. The highest BCUT2D eigenvalue weighted by Gasteiger charge is 2.27. The van der Waals surface area contributed by atoms with Gasteiger partial charge in [0.1, 0.15) is 5.82 Å². The summed E-state index contributed by atoms with van der Waals surface area (Å²) >= 11 is 0. The lowest BCUT2D eigenvalue weighted by molar-refractivity contribution is 0.0696. The number of pyridine rings is 1. The number of sulfone groups is 1. The number of aromatic nitrogens is 1. The smallest absolute Gasteiger partial charge is 0.335 e. The van der Waals surface area contributed by atoms with Crippen LogP contribution in [0.25, 0.3) is 0 Å². The second-order valence-corrected chi connectivity index (χ2v) is 7.07. The Morgan fingerprint density at radius 3 is 2.84 bits per heavy atom. The van der Waals surface area contributed by atoms with Gasteiger partial charge in [-0.3, -0.25) is 0 Å². The molecular formula is C12H16N2O4S. The zero-order chi connectivity index (χ0) is 14.0. The Balaban J connectivity index is 2.02. The van der Waals surface area contributed by atoms with E-state index in [1.165, 1.54) is 12.1 Å². The van der Waals surface area contributed by atoms with E-state index in [9.17, 15) is 13.2 Å². The first-order chi connectivity index (χ1) is 8.85. The van der Waals surface area contributed by atoms with Gasteiger partial charge in [-0.2, -0.15) is 0 Å². The maximum atomic E-state index is 11.3. The molecule has 2 heterocycles. The molecule has 1 aliphatic rings. The molecule has 1 fully saturated rings. The number of anilines is 1. The lowest BCUT2D eigenvalue weighted by Gasteiger charge is -2.11. The van der Waals surface area contributed by atoms with Gasteiger partial charge in [0.15, 0.2) is 9.84 Å². The van der Waals surface area contributed by atoms with Crippen LogP contribution in [-0.4, -0.2) is 42.5 Å². The van der Waals surface area contributed by atoms with Crippen LogP contribution >= 0.6 is 0 Å². The van der Waals surface area contributed by atoms with Crippen molar-refractivity contribution in [2.45, 2.75) is 13.3 Å². The van der Waals surface area contributed by atoms with Crippen LogP contribution in [0.5, 0.6) is 0 Å². The zero-order valence-corrected chi connectivity index (χ0v) is 11.4. The van der Waals surface area contributed by atoms with Gasteiger partial charge in [-0.15, -0.1) is 0 Å². The van der Waals surface area contributed by atoms with Gasteiger partial charge < -0.3 is 10.4 Å². The SMILES string of the molecule is Cc1cc(C(=O)O)cc(NCC2CCS(=O)(=O)C2)n1. The molecule has 0 spiro atoms. The fourth-order valence-corrected chi connectivity index (χ4v) is 4.03. The lowest BCUT2D eigenvalue weighted by Crippen LogP contribution is -2.16. The number of aryl methyl sites for hydroxylation is 1. The minimum Gasteiger partial charge on any atom is -0.478 e. The van der Waals surface area contributed by atoms with Crippen LogP contribution in [0.3, 0.4) is 0 Å². The standard InChI is InChI=1S/C12H16N2O4S/c1-8-4-10(12(15)16)5-11(14-8)13-6-9-2-3-19(17,18)7-9/h4-5,9H,2-3,6-7H2,1H3,(H,13,14)(H,15,16). The van der Waals surface area contributed by atoms with Crippen molar-refractivity contribution in [3.63, 3.8) is 0 Å². The maximum Gasteiger partial charge on any atom is 0.335 e. The van der Waals surface area contributed by atoms with Crippen LogP contribution in [0.4, 0.5) is 5.82 Å². The van der Waals surface area contributed by atoms with Crippen LogP contribution in [0.15, 0.2) is 12.1 Å². The number of carboxylic acid groups (broad SMARTS) is 1. The van der Waals surface area contributed by atoms with Crippen LogP contribution in [-0.2, 0) is 9.84 Å².